The molecule has 0 amide bonds. The number of nitrogens with zero attached hydrogens (tertiary/aromatic N) is 4. The van der Waals surface area contributed by atoms with Crippen LogP contribution in [0.4, 0.5) is 0 Å². The lowest BCUT2D eigenvalue weighted by molar-refractivity contribution is 0.662. The molecule has 280 valence electrons. The number of hydrogen-bond donors (Lipinski definition) is 0. The van der Waals surface area contributed by atoms with Gasteiger partial charge in [-0.2, -0.15) is 0 Å². The highest BCUT2D eigenvalue weighted by Gasteiger charge is 2.25. The molecule has 0 aliphatic carbocycles. The van der Waals surface area contributed by atoms with Crippen molar-refractivity contribution in [3.8, 4) is 22.5 Å². The number of fused-ring (bicyclic) bond motifs is 18. The molecule has 60 heavy (non-hydrogen) atoms. The van der Waals surface area contributed by atoms with E-state index < -0.39 is 0 Å². The minimum Gasteiger partial charge on any atom is -0.454 e. The average molecular weight is 769 g/mol. The summed E-state index contributed by atoms with van der Waals surface area (Å²) in [7, 11) is 0. The highest BCUT2D eigenvalue weighted by molar-refractivity contribution is 6.25. The fourth-order valence-corrected chi connectivity index (χ4v) is 10.1. The van der Waals surface area contributed by atoms with Gasteiger partial charge in [0.05, 0.1) is 38.5 Å². The molecule has 6 heteroatoms. The minimum absolute atomic E-state index is 0.732. The normalized spacial score (nSPS) is 12.4. The van der Waals surface area contributed by atoms with Crippen molar-refractivity contribution in [3.05, 3.63) is 181 Å². The first kappa shape index (κ1) is 31.9. The number of rotatable bonds is 3. The lowest BCUT2D eigenvalue weighted by atomic mass is 10.0. The summed E-state index contributed by atoms with van der Waals surface area (Å²) in [6.45, 7) is 2.13. The maximum Gasteiger partial charge on any atom is 0.182 e. The Morgan fingerprint density at radius 3 is 1.73 bits per heavy atom. The smallest absolute Gasteiger partial charge is 0.182 e. The topological polar surface area (TPSA) is 53.4 Å². The number of aryl methyl sites for hydroxylation is 1. The lowest BCUT2D eigenvalue weighted by Crippen LogP contribution is -1.94. The molecule has 0 saturated carbocycles. The summed E-state index contributed by atoms with van der Waals surface area (Å²) in [5, 5.41) is 7.98. The van der Waals surface area contributed by atoms with E-state index in [-0.39, 0.29) is 0 Å². The Labute approximate surface area is 341 Å². The Kier molecular flexibility index (Phi) is 6.13. The van der Waals surface area contributed by atoms with Crippen molar-refractivity contribution in [1.82, 2.24) is 18.5 Å². The largest absolute Gasteiger partial charge is 0.454 e. The van der Waals surface area contributed by atoms with E-state index in [9.17, 15) is 0 Å². The van der Waals surface area contributed by atoms with Crippen molar-refractivity contribution in [2.24, 2.45) is 0 Å². The first-order valence-electron chi connectivity index (χ1n) is 20.4. The zero-order valence-corrected chi connectivity index (χ0v) is 32.3. The molecule has 0 fully saturated rings. The summed E-state index contributed by atoms with van der Waals surface area (Å²) < 4.78 is 20.3. The average Bonchev–Trinajstić information content (AvgIpc) is 4.11. The predicted molar refractivity (Wildman–Crippen MR) is 246 cm³/mol. The number of aromatic nitrogens is 4. The third-order valence-electron chi connectivity index (χ3n) is 12.7. The monoisotopic (exact) mass is 768 g/mol. The fourth-order valence-electron chi connectivity index (χ4n) is 10.1. The van der Waals surface area contributed by atoms with Gasteiger partial charge in [-0.1, -0.05) is 91.0 Å². The van der Waals surface area contributed by atoms with Crippen molar-refractivity contribution in [2.75, 3.05) is 0 Å². The number of hydrogen-bond acceptors (Lipinski definition) is 3. The Balaban J connectivity index is 0.979. The van der Waals surface area contributed by atoms with Crippen molar-refractivity contribution in [1.29, 1.82) is 0 Å². The van der Waals surface area contributed by atoms with Crippen molar-refractivity contribution in [2.45, 2.75) is 6.92 Å². The Morgan fingerprint density at radius 2 is 1.00 bits per heavy atom. The van der Waals surface area contributed by atoms with Crippen LogP contribution < -0.4 is 0 Å². The number of imidazole rings is 1. The lowest BCUT2D eigenvalue weighted by Gasteiger charge is -2.09. The minimum atomic E-state index is 0.732. The molecule has 0 N–H and O–H groups in total. The first-order valence-corrected chi connectivity index (χ1v) is 20.4. The van der Waals surface area contributed by atoms with Crippen LogP contribution in [0, 0.1) is 6.92 Å². The summed E-state index contributed by atoms with van der Waals surface area (Å²) in [4.78, 5) is 5.37. The standard InChI is InChI=1S/C54H32N4O2/c1-31-12-11-21-48-49(31)50-52-51(38-17-7-10-20-47(38)59-52)58-46-27-24-35(30-41(46)55-54(58)53(50)60-48)57-43-19-9-6-16-37(43)40-29-33(23-26-45(40)57)32-22-25-44-39(28-32)36-15-5-8-18-42(36)56(44)34-13-3-2-4-14-34/h2-30H,1H3. The van der Waals surface area contributed by atoms with Crippen LogP contribution in [0.3, 0.4) is 0 Å². The zero-order valence-electron chi connectivity index (χ0n) is 32.3. The van der Waals surface area contributed by atoms with Gasteiger partial charge < -0.3 is 18.0 Å². The van der Waals surface area contributed by atoms with Crippen molar-refractivity contribution < 1.29 is 8.83 Å². The Morgan fingerprint density at radius 1 is 0.417 bits per heavy atom. The molecule has 8 aromatic carbocycles. The van der Waals surface area contributed by atoms with E-state index in [4.69, 9.17) is 13.8 Å². The molecule has 14 aromatic rings. The Bertz CT molecular complexity index is 4140. The van der Waals surface area contributed by atoms with Crippen LogP contribution >= 0.6 is 0 Å². The van der Waals surface area contributed by atoms with E-state index in [0.717, 1.165) is 88.7 Å². The number of furan rings is 2. The fraction of sp³-hybridized carbons (Fsp3) is 0.0185. The highest BCUT2D eigenvalue weighted by Crippen LogP contribution is 2.44. The van der Waals surface area contributed by atoms with Crippen LogP contribution in [-0.4, -0.2) is 18.5 Å². The zero-order chi connectivity index (χ0) is 39.2. The van der Waals surface area contributed by atoms with Gasteiger partial charge in [0.2, 0.25) is 0 Å². The molecule has 6 aromatic heterocycles. The van der Waals surface area contributed by atoms with E-state index in [1.54, 1.807) is 0 Å². The molecular formula is C54H32N4O2. The summed E-state index contributed by atoms with van der Waals surface area (Å²) in [5.41, 5.74) is 17.3. The van der Waals surface area contributed by atoms with E-state index in [1.807, 2.05) is 24.3 Å². The molecule has 6 heterocycles. The molecule has 0 aliphatic heterocycles. The third kappa shape index (κ3) is 4.14. The van der Waals surface area contributed by atoms with Gasteiger partial charge in [0.1, 0.15) is 16.7 Å². The van der Waals surface area contributed by atoms with Crippen LogP contribution in [0.1, 0.15) is 5.56 Å². The van der Waals surface area contributed by atoms with Gasteiger partial charge in [0, 0.05) is 43.7 Å². The maximum atomic E-state index is 6.68. The van der Waals surface area contributed by atoms with Crippen LogP contribution in [0.25, 0.3) is 127 Å². The molecule has 0 unspecified atom stereocenters. The van der Waals surface area contributed by atoms with Gasteiger partial charge in [-0.05, 0) is 109 Å². The van der Waals surface area contributed by atoms with E-state index in [1.165, 1.54) is 43.7 Å². The molecular weight excluding hydrogens is 737 g/mol. The first-order chi connectivity index (χ1) is 29.7. The highest BCUT2D eigenvalue weighted by atomic mass is 16.3. The van der Waals surface area contributed by atoms with E-state index in [0.29, 0.717) is 0 Å². The third-order valence-corrected chi connectivity index (χ3v) is 12.7. The molecule has 0 bridgehead atoms. The molecule has 0 atom stereocenters. The molecule has 0 aliphatic rings. The SMILES string of the molecule is Cc1cccc2oc3c(c4oc5ccccc5c4n4c5ccc(-n6c7ccccc7c7cc(-c8ccc9c(c8)c8ccccc8n9-c8ccccc8)ccc76)cc5nc34)c12. The molecule has 0 saturated heterocycles. The number of benzene rings is 8. The molecule has 6 nitrogen and oxygen atoms in total. The quantitative estimate of drug-likeness (QED) is 0.180. The molecule has 0 spiro atoms. The summed E-state index contributed by atoms with van der Waals surface area (Å²) in [5.74, 6) is 0. The summed E-state index contributed by atoms with van der Waals surface area (Å²) in [6, 6.07) is 62.9. The second-order valence-electron chi connectivity index (χ2n) is 16.0. The maximum absolute atomic E-state index is 6.68. The number of para-hydroxylation sites is 4. The van der Waals surface area contributed by atoms with Crippen LogP contribution in [-0.2, 0) is 0 Å². The Hall–Kier alpha value is -8.09. The van der Waals surface area contributed by atoms with E-state index >= 15 is 0 Å². The van der Waals surface area contributed by atoms with Crippen molar-refractivity contribution in [3.63, 3.8) is 0 Å². The van der Waals surface area contributed by atoms with E-state index in [2.05, 4.69) is 172 Å². The molecule has 0 radical (unpaired) electrons. The summed E-state index contributed by atoms with van der Waals surface area (Å²) in [6.07, 6.45) is 0. The molecule has 14 rings (SSSR count). The second-order valence-corrected chi connectivity index (χ2v) is 16.0. The number of pyridine rings is 1. The van der Waals surface area contributed by atoms with Crippen LogP contribution in [0.15, 0.2) is 185 Å². The van der Waals surface area contributed by atoms with Gasteiger partial charge in [0.15, 0.2) is 16.8 Å². The predicted octanol–water partition coefficient (Wildman–Crippen LogP) is 14.5. The second kappa shape index (κ2) is 11.5. The van der Waals surface area contributed by atoms with Crippen molar-refractivity contribution >= 4 is 104 Å². The van der Waals surface area contributed by atoms with Crippen LogP contribution in [0.2, 0.25) is 0 Å². The van der Waals surface area contributed by atoms with Gasteiger partial charge in [-0.3, -0.25) is 4.40 Å². The summed E-state index contributed by atoms with van der Waals surface area (Å²) >= 11 is 0. The van der Waals surface area contributed by atoms with Gasteiger partial charge in [-0.25, -0.2) is 4.98 Å². The van der Waals surface area contributed by atoms with Gasteiger partial charge in [-0.15, -0.1) is 0 Å². The van der Waals surface area contributed by atoms with Gasteiger partial charge >= 0.3 is 0 Å². The van der Waals surface area contributed by atoms with Crippen LogP contribution in [0.5, 0.6) is 0 Å². The van der Waals surface area contributed by atoms with Gasteiger partial charge in [0.25, 0.3) is 0 Å².